The summed E-state index contributed by atoms with van der Waals surface area (Å²) in [6.45, 7) is 1.65. The molecule has 0 radical (unpaired) electrons. The molecule has 88 valence electrons. The largest absolute Gasteiger partial charge is 0.439 e. The summed E-state index contributed by atoms with van der Waals surface area (Å²) in [6, 6.07) is 9.13. The number of rotatable bonds is 3. The van der Waals surface area contributed by atoms with Crippen LogP contribution in [0.1, 0.15) is 18.6 Å². The van der Waals surface area contributed by atoms with E-state index in [0.29, 0.717) is 17.2 Å². The first kappa shape index (κ1) is 11.5. The van der Waals surface area contributed by atoms with Gasteiger partial charge in [0.05, 0.1) is 6.10 Å². The van der Waals surface area contributed by atoms with Crippen LogP contribution in [0, 0.1) is 5.82 Å². The first-order valence-corrected chi connectivity index (χ1v) is 5.22. The maximum atomic E-state index is 12.9. The Morgan fingerprint density at radius 3 is 2.82 bits per heavy atom. The number of halogens is 1. The standard InChI is InChI=1S/C13H12FNO2/c1-9(16)10-5-6-15-13(7-10)17-12-4-2-3-11(14)8-12/h2-9,16H,1H3/t9-/m1/s1. The molecule has 0 aliphatic carbocycles. The third-order valence-electron chi connectivity index (χ3n) is 2.26. The Hall–Kier alpha value is -1.94. The third kappa shape index (κ3) is 3.01. The number of benzene rings is 1. The molecule has 0 aliphatic rings. The SMILES string of the molecule is C[C@@H](O)c1ccnc(Oc2cccc(F)c2)c1. The smallest absolute Gasteiger partial charge is 0.219 e. The molecule has 0 unspecified atom stereocenters. The van der Waals surface area contributed by atoms with Crippen molar-refractivity contribution in [3.8, 4) is 11.6 Å². The summed E-state index contributed by atoms with van der Waals surface area (Å²) >= 11 is 0. The van der Waals surface area contributed by atoms with E-state index in [4.69, 9.17) is 4.74 Å². The summed E-state index contributed by atoms with van der Waals surface area (Å²) in [4.78, 5) is 3.99. The van der Waals surface area contributed by atoms with Gasteiger partial charge in [-0.2, -0.15) is 0 Å². The zero-order chi connectivity index (χ0) is 12.3. The number of aromatic nitrogens is 1. The van der Waals surface area contributed by atoms with Crippen molar-refractivity contribution in [1.29, 1.82) is 0 Å². The van der Waals surface area contributed by atoms with Crippen molar-refractivity contribution in [2.24, 2.45) is 0 Å². The number of pyridine rings is 1. The van der Waals surface area contributed by atoms with E-state index in [-0.39, 0.29) is 5.82 Å². The van der Waals surface area contributed by atoms with Crippen molar-refractivity contribution in [3.63, 3.8) is 0 Å². The van der Waals surface area contributed by atoms with E-state index in [1.54, 1.807) is 31.2 Å². The number of hydrogen-bond donors (Lipinski definition) is 1. The minimum absolute atomic E-state index is 0.328. The van der Waals surface area contributed by atoms with Crippen molar-refractivity contribution < 1.29 is 14.2 Å². The highest BCUT2D eigenvalue weighted by atomic mass is 19.1. The van der Waals surface area contributed by atoms with E-state index in [0.717, 1.165) is 0 Å². The molecule has 3 nitrogen and oxygen atoms in total. The molecule has 0 fully saturated rings. The van der Waals surface area contributed by atoms with Crippen molar-refractivity contribution in [1.82, 2.24) is 4.98 Å². The van der Waals surface area contributed by atoms with Crippen molar-refractivity contribution in [2.45, 2.75) is 13.0 Å². The van der Waals surface area contributed by atoms with Crippen LogP contribution < -0.4 is 4.74 Å². The summed E-state index contributed by atoms with van der Waals surface area (Å²) in [5.74, 6) is 0.337. The Bertz CT molecular complexity index is 514. The molecule has 2 rings (SSSR count). The van der Waals surface area contributed by atoms with Gasteiger partial charge in [0.2, 0.25) is 5.88 Å². The van der Waals surface area contributed by atoms with E-state index >= 15 is 0 Å². The zero-order valence-electron chi connectivity index (χ0n) is 9.30. The number of aliphatic hydroxyl groups excluding tert-OH is 1. The number of ether oxygens (including phenoxy) is 1. The van der Waals surface area contributed by atoms with Gasteiger partial charge in [0.1, 0.15) is 11.6 Å². The molecule has 0 saturated carbocycles. The fourth-order valence-corrected chi connectivity index (χ4v) is 1.39. The summed E-state index contributed by atoms with van der Waals surface area (Å²) in [7, 11) is 0. The lowest BCUT2D eigenvalue weighted by Crippen LogP contribution is -1.94. The van der Waals surface area contributed by atoms with Gasteiger partial charge in [-0.3, -0.25) is 0 Å². The molecule has 4 heteroatoms. The molecule has 1 N–H and O–H groups in total. The van der Waals surface area contributed by atoms with Gasteiger partial charge in [-0.05, 0) is 30.7 Å². The number of nitrogens with zero attached hydrogens (tertiary/aromatic N) is 1. The van der Waals surface area contributed by atoms with E-state index in [1.165, 1.54) is 18.3 Å². The van der Waals surface area contributed by atoms with Gasteiger partial charge < -0.3 is 9.84 Å². The van der Waals surface area contributed by atoms with Crippen LogP contribution in [0.4, 0.5) is 4.39 Å². The van der Waals surface area contributed by atoms with Crippen LogP contribution in [0.5, 0.6) is 11.6 Å². The summed E-state index contributed by atoms with van der Waals surface area (Å²) in [5, 5.41) is 9.42. The van der Waals surface area contributed by atoms with Crippen LogP contribution in [0.3, 0.4) is 0 Å². The fourth-order valence-electron chi connectivity index (χ4n) is 1.39. The van der Waals surface area contributed by atoms with Crippen LogP contribution in [0.2, 0.25) is 0 Å². The van der Waals surface area contributed by atoms with Crippen molar-refractivity contribution in [3.05, 3.63) is 54.0 Å². The van der Waals surface area contributed by atoms with E-state index in [1.807, 2.05) is 0 Å². The summed E-state index contributed by atoms with van der Waals surface area (Å²) < 4.78 is 18.3. The average molecular weight is 233 g/mol. The van der Waals surface area contributed by atoms with Gasteiger partial charge in [0.25, 0.3) is 0 Å². The molecule has 2 aromatic rings. The highest BCUT2D eigenvalue weighted by Crippen LogP contribution is 2.22. The minimum Gasteiger partial charge on any atom is -0.439 e. The van der Waals surface area contributed by atoms with Crippen LogP contribution in [-0.2, 0) is 0 Å². The van der Waals surface area contributed by atoms with Crippen molar-refractivity contribution in [2.75, 3.05) is 0 Å². The van der Waals surface area contributed by atoms with Crippen LogP contribution >= 0.6 is 0 Å². The highest BCUT2D eigenvalue weighted by molar-refractivity contribution is 5.29. The first-order valence-electron chi connectivity index (χ1n) is 5.22. The van der Waals surface area contributed by atoms with Gasteiger partial charge in [0.15, 0.2) is 0 Å². The Morgan fingerprint density at radius 1 is 1.29 bits per heavy atom. The fraction of sp³-hybridized carbons (Fsp3) is 0.154. The predicted octanol–water partition coefficient (Wildman–Crippen LogP) is 3.07. The van der Waals surface area contributed by atoms with Crippen molar-refractivity contribution >= 4 is 0 Å². The molecule has 1 aromatic heterocycles. The predicted molar refractivity (Wildman–Crippen MR) is 61.3 cm³/mol. The molecule has 0 saturated heterocycles. The topological polar surface area (TPSA) is 42.4 Å². The lowest BCUT2D eigenvalue weighted by atomic mass is 10.2. The third-order valence-corrected chi connectivity index (χ3v) is 2.26. The zero-order valence-corrected chi connectivity index (χ0v) is 9.30. The van der Waals surface area contributed by atoms with Gasteiger partial charge in [-0.25, -0.2) is 9.37 Å². The monoisotopic (exact) mass is 233 g/mol. The molecule has 17 heavy (non-hydrogen) atoms. The van der Waals surface area contributed by atoms with E-state index in [2.05, 4.69) is 4.98 Å². The Morgan fingerprint density at radius 2 is 2.12 bits per heavy atom. The van der Waals surface area contributed by atoms with E-state index < -0.39 is 6.10 Å². The number of aliphatic hydroxyl groups is 1. The molecule has 0 spiro atoms. The Kier molecular flexibility index (Phi) is 3.35. The molecule has 1 heterocycles. The molecule has 1 atom stereocenters. The van der Waals surface area contributed by atoms with Crippen LogP contribution in [0.25, 0.3) is 0 Å². The van der Waals surface area contributed by atoms with Gasteiger partial charge in [-0.1, -0.05) is 6.07 Å². The van der Waals surface area contributed by atoms with Crippen LogP contribution in [0.15, 0.2) is 42.6 Å². The lowest BCUT2D eigenvalue weighted by molar-refractivity contribution is 0.198. The van der Waals surface area contributed by atoms with Gasteiger partial charge >= 0.3 is 0 Å². The first-order chi connectivity index (χ1) is 8.15. The number of hydrogen-bond acceptors (Lipinski definition) is 3. The molecular formula is C13H12FNO2. The maximum absolute atomic E-state index is 12.9. The Balaban J connectivity index is 2.21. The van der Waals surface area contributed by atoms with Gasteiger partial charge in [-0.15, -0.1) is 0 Å². The second kappa shape index (κ2) is 4.93. The van der Waals surface area contributed by atoms with Crippen LogP contribution in [-0.4, -0.2) is 10.1 Å². The second-order valence-electron chi connectivity index (χ2n) is 3.66. The lowest BCUT2D eigenvalue weighted by Gasteiger charge is -2.08. The summed E-state index contributed by atoms with van der Waals surface area (Å²) in [6.07, 6.45) is 0.948. The molecule has 0 amide bonds. The second-order valence-corrected chi connectivity index (χ2v) is 3.66. The quantitative estimate of drug-likeness (QED) is 0.885. The maximum Gasteiger partial charge on any atom is 0.219 e. The Labute approximate surface area is 98.5 Å². The normalized spacial score (nSPS) is 12.2. The summed E-state index contributed by atoms with van der Waals surface area (Å²) in [5.41, 5.74) is 0.700. The highest BCUT2D eigenvalue weighted by Gasteiger charge is 2.04. The molecule has 1 aromatic carbocycles. The van der Waals surface area contributed by atoms with Gasteiger partial charge in [0, 0.05) is 18.3 Å². The molecule has 0 bridgehead atoms. The minimum atomic E-state index is -0.590. The van der Waals surface area contributed by atoms with E-state index in [9.17, 15) is 9.50 Å². The molecule has 0 aliphatic heterocycles. The molecular weight excluding hydrogens is 221 g/mol. The average Bonchev–Trinajstić information content (AvgIpc) is 2.29.